The minimum atomic E-state index is 0.00511. The molecular formula is C15H21Cl2N2O+. The van der Waals surface area contributed by atoms with Gasteiger partial charge in [0.05, 0.1) is 23.8 Å². The van der Waals surface area contributed by atoms with Gasteiger partial charge in [-0.15, -0.1) is 0 Å². The number of hydrogen-bond donors (Lipinski definition) is 2. The predicted octanol–water partition coefficient (Wildman–Crippen LogP) is 2.49. The first-order valence-electron chi connectivity index (χ1n) is 7.02. The standard InChI is InChI=1S/C15H20Cl2N2O/c1-10-5-11(2)8-19(7-10)9-15(20)18-14-4-3-12(16)6-13(14)17/h3-4,6,10-11H,5,7-9H2,1-2H3,(H,18,20)/p+1/t10-,11+. The molecule has 3 nitrogen and oxygen atoms in total. The number of hydrogen-bond acceptors (Lipinski definition) is 1. The van der Waals surface area contributed by atoms with E-state index < -0.39 is 0 Å². The minimum absolute atomic E-state index is 0.00511. The van der Waals surface area contributed by atoms with E-state index in [-0.39, 0.29) is 5.91 Å². The molecule has 110 valence electrons. The molecule has 1 aromatic carbocycles. The van der Waals surface area contributed by atoms with E-state index in [1.165, 1.54) is 11.3 Å². The molecule has 0 bridgehead atoms. The second kappa shape index (κ2) is 6.79. The number of quaternary nitrogens is 1. The van der Waals surface area contributed by atoms with E-state index >= 15 is 0 Å². The predicted molar refractivity (Wildman–Crippen MR) is 83.6 cm³/mol. The number of rotatable bonds is 3. The van der Waals surface area contributed by atoms with Gasteiger partial charge in [-0.25, -0.2) is 0 Å². The van der Waals surface area contributed by atoms with Crippen LogP contribution in [0.4, 0.5) is 5.69 Å². The molecule has 1 aliphatic heterocycles. The van der Waals surface area contributed by atoms with E-state index in [0.717, 1.165) is 13.1 Å². The lowest BCUT2D eigenvalue weighted by molar-refractivity contribution is -0.904. The molecule has 0 aromatic heterocycles. The molecule has 0 radical (unpaired) electrons. The largest absolute Gasteiger partial charge is 0.327 e. The maximum atomic E-state index is 12.1. The normalized spacial score (nSPS) is 26.3. The van der Waals surface area contributed by atoms with Crippen LogP contribution in [0.3, 0.4) is 0 Å². The van der Waals surface area contributed by atoms with Crippen molar-refractivity contribution in [3.05, 3.63) is 28.2 Å². The highest BCUT2D eigenvalue weighted by Crippen LogP contribution is 2.25. The molecule has 1 unspecified atom stereocenters. The van der Waals surface area contributed by atoms with Crippen molar-refractivity contribution in [2.75, 3.05) is 25.0 Å². The van der Waals surface area contributed by atoms with Crippen LogP contribution >= 0.6 is 23.2 Å². The molecule has 1 saturated heterocycles. The molecule has 3 atom stereocenters. The Hall–Kier alpha value is -0.770. The van der Waals surface area contributed by atoms with Crippen LogP contribution in [0.25, 0.3) is 0 Å². The Morgan fingerprint density at radius 3 is 2.55 bits per heavy atom. The summed E-state index contributed by atoms with van der Waals surface area (Å²) < 4.78 is 0. The van der Waals surface area contributed by atoms with Crippen molar-refractivity contribution < 1.29 is 9.69 Å². The Kier molecular flexibility index (Phi) is 5.30. The van der Waals surface area contributed by atoms with Crippen LogP contribution in [0.5, 0.6) is 0 Å². The van der Waals surface area contributed by atoms with Crippen LogP contribution in [0.2, 0.25) is 10.0 Å². The van der Waals surface area contributed by atoms with E-state index in [1.807, 2.05) is 0 Å². The maximum Gasteiger partial charge on any atom is 0.279 e. The van der Waals surface area contributed by atoms with Crippen molar-refractivity contribution >= 4 is 34.8 Å². The third-order valence-electron chi connectivity index (χ3n) is 3.69. The summed E-state index contributed by atoms with van der Waals surface area (Å²) in [6.07, 6.45) is 1.26. The second-order valence-electron chi connectivity index (χ2n) is 5.95. The van der Waals surface area contributed by atoms with Crippen molar-refractivity contribution in [1.82, 2.24) is 0 Å². The highest BCUT2D eigenvalue weighted by atomic mass is 35.5. The van der Waals surface area contributed by atoms with Gasteiger partial charge in [0.15, 0.2) is 6.54 Å². The average molecular weight is 316 g/mol. The third kappa shape index (κ3) is 4.37. The SMILES string of the molecule is C[C@@H]1C[C@H](C)C[NH+](CC(=O)Nc2ccc(Cl)cc2Cl)C1. The summed E-state index contributed by atoms with van der Waals surface area (Å²) >= 11 is 11.9. The summed E-state index contributed by atoms with van der Waals surface area (Å²) in [5.41, 5.74) is 0.624. The molecule has 0 aliphatic carbocycles. The zero-order valence-electron chi connectivity index (χ0n) is 11.9. The molecule has 0 saturated carbocycles. The average Bonchev–Trinajstić information content (AvgIpc) is 2.31. The number of halogens is 2. The number of anilines is 1. The van der Waals surface area contributed by atoms with Gasteiger partial charge in [-0.2, -0.15) is 0 Å². The first-order valence-corrected chi connectivity index (χ1v) is 7.78. The third-order valence-corrected chi connectivity index (χ3v) is 4.24. The molecule has 2 N–H and O–H groups in total. The van der Waals surface area contributed by atoms with Gasteiger partial charge in [-0.1, -0.05) is 37.0 Å². The summed E-state index contributed by atoms with van der Waals surface area (Å²) in [7, 11) is 0. The lowest BCUT2D eigenvalue weighted by Gasteiger charge is -2.31. The monoisotopic (exact) mass is 315 g/mol. The molecule has 0 spiro atoms. The van der Waals surface area contributed by atoms with Crippen molar-refractivity contribution in [2.24, 2.45) is 11.8 Å². The van der Waals surface area contributed by atoms with E-state index in [9.17, 15) is 4.79 Å². The number of carbonyl (C=O) groups is 1. The Bertz CT molecular complexity index is 483. The summed E-state index contributed by atoms with van der Waals surface area (Å²) in [5, 5.41) is 3.90. The van der Waals surface area contributed by atoms with Crippen molar-refractivity contribution in [2.45, 2.75) is 20.3 Å². The maximum absolute atomic E-state index is 12.1. The van der Waals surface area contributed by atoms with Crippen molar-refractivity contribution in [3.8, 4) is 0 Å². The van der Waals surface area contributed by atoms with Crippen LogP contribution in [0.1, 0.15) is 20.3 Å². The first kappa shape index (κ1) is 15.6. The molecular weight excluding hydrogens is 295 g/mol. The summed E-state index contributed by atoms with van der Waals surface area (Å²) in [6, 6.07) is 5.09. The fraction of sp³-hybridized carbons (Fsp3) is 0.533. The number of piperidine rings is 1. The molecule has 1 aromatic rings. The van der Waals surface area contributed by atoms with Crippen molar-refractivity contribution in [1.29, 1.82) is 0 Å². The van der Waals surface area contributed by atoms with Gasteiger partial charge in [0.2, 0.25) is 0 Å². The smallest absolute Gasteiger partial charge is 0.279 e. The lowest BCUT2D eigenvalue weighted by atomic mass is 9.92. The van der Waals surface area contributed by atoms with Crippen molar-refractivity contribution in [3.63, 3.8) is 0 Å². The Morgan fingerprint density at radius 1 is 1.30 bits per heavy atom. The first-order chi connectivity index (χ1) is 9.44. The van der Waals surface area contributed by atoms with Gasteiger partial charge in [-0.05, 0) is 24.6 Å². The highest BCUT2D eigenvalue weighted by Gasteiger charge is 2.26. The molecule has 1 aliphatic rings. The number of nitrogens with one attached hydrogen (secondary N) is 2. The number of likely N-dealkylation sites (tertiary alicyclic amines) is 1. The fourth-order valence-corrected chi connectivity index (χ4v) is 3.53. The lowest BCUT2D eigenvalue weighted by Crippen LogP contribution is -3.15. The molecule has 1 heterocycles. The Balaban J connectivity index is 1.92. The van der Waals surface area contributed by atoms with E-state index in [0.29, 0.717) is 34.1 Å². The second-order valence-corrected chi connectivity index (χ2v) is 6.80. The fourth-order valence-electron chi connectivity index (χ4n) is 3.08. The molecule has 20 heavy (non-hydrogen) atoms. The molecule has 1 fully saturated rings. The van der Waals surface area contributed by atoms with Crippen LogP contribution in [-0.2, 0) is 4.79 Å². The summed E-state index contributed by atoms with van der Waals surface area (Å²) in [5.74, 6) is 1.37. The van der Waals surface area contributed by atoms with Gasteiger partial charge in [0.25, 0.3) is 5.91 Å². The van der Waals surface area contributed by atoms with E-state index in [4.69, 9.17) is 23.2 Å². The molecule has 5 heteroatoms. The van der Waals surface area contributed by atoms with Gasteiger partial charge in [0, 0.05) is 16.9 Å². The van der Waals surface area contributed by atoms with Crippen LogP contribution in [-0.4, -0.2) is 25.5 Å². The minimum Gasteiger partial charge on any atom is -0.327 e. The van der Waals surface area contributed by atoms with Gasteiger partial charge >= 0.3 is 0 Å². The van der Waals surface area contributed by atoms with Gasteiger partial charge < -0.3 is 10.2 Å². The Morgan fingerprint density at radius 2 is 1.95 bits per heavy atom. The van der Waals surface area contributed by atoms with Gasteiger partial charge in [0.1, 0.15) is 0 Å². The zero-order valence-corrected chi connectivity index (χ0v) is 13.4. The van der Waals surface area contributed by atoms with Crippen LogP contribution in [0, 0.1) is 11.8 Å². The number of benzene rings is 1. The number of amides is 1. The van der Waals surface area contributed by atoms with E-state index in [1.54, 1.807) is 18.2 Å². The molecule has 2 rings (SSSR count). The zero-order chi connectivity index (χ0) is 14.7. The topological polar surface area (TPSA) is 33.5 Å². The van der Waals surface area contributed by atoms with Crippen LogP contribution in [0.15, 0.2) is 18.2 Å². The quantitative estimate of drug-likeness (QED) is 0.883. The number of carbonyl (C=O) groups excluding carboxylic acids is 1. The Labute approximate surface area is 130 Å². The summed E-state index contributed by atoms with van der Waals surface area (Å²) in [4.78, 5) is 13.5. The van der Waals surface area contributed by atoms with Gasteiger partial charge in [-0.3, -0.25) is 4.79 Å². The van der Waals surface area contributed by atoms with Crippen LogP contribution < -0.4 is 10.2 Å². The summed E-state index contributed by atoms with van der Waals surface area (Å²) in [6.45, 7) is 7.12. The molecule has 1 amide bonds. The van der Waals surface area contributed by atoms with E-state index in [2.05, 4.69) is 19.2 Å². The highest BCUT2D eigenvalue weighted by molar-refractivity contribution is 6.36.